The maximum atomic E-state index is 12.3. The summed E-state index contributed by atoms with van der Waals surface area (Å²) in [5.41, 5.74) is 0. The number of ether oxygens (including phenoxy) is 2. The first-order valence-corrected chi connectivity index (χ1v) is 10.1. The summed E-state index contributed by atoms with van der Waals surface area (Å²) in [6.45, 7) is 7.84. The van der Waals surface area contributed by atoms with E-state index in [-0.39, 0.29) is 6.61 Å². The van der Waals surface area contributed by atoms with Gasteiger partial charge in [0.2, 0.25) is 0 Å². The van der Waals surface area contributed by atoms with E-state index in [0.29, 0.717) is 25.6 Å². The molecule has 26 heavy (non-hydrogen) atoms. The third-order valence-electron chi connectivity index (χ3n) is 6.18. The van der Waals surface area contributed by atoms with E-state index >= 15 is 0 Å². The number of esters is 1. The number of piperidine rings is 2. The van der Waals surface area contributed by atoms with Crippen LogP contribution in [-0.4, -0.2) is 99.3 Å². The Kier molecular flexibility index (Phi) is 7.28. The van der Waals surface area contributed by atoms with Crippen LogP contribution in [0, 0.1) is 11.8 Å². The fourth-order valence-electron chi connectivity index (χ4n) is 4.36. The molecule has 0 N–H and O–H groups in total. The maximum absolute atomic E-state index is 12.3. The first kappa shape index (κ1) is 19.6. The molecular formula is C19H33N3O4. The van der Waals surface area contributed by atoms with Gasteiger partial charge in [-0.15, -0.1) is 0 Å². The Bertz CT molecular complexity index is 465. The number of rotatable bonds is 4. The minimum Gasteiger partial charge on any atom is -0.457 e. The molecule has 3 saturated heterocycles. The van der Waals surface area contributed by atoms with Crippen molar-refractivity contribution < 1.29 is 19.1 Å². The summed E-state index contributed by atoms with van der Waals surface area (Å²) in [7, 11) is 2.18. The molecule has 7 heteroatoms. The molecule has 0 aromatic carbocycles. The Morgan fingerprint density at radius 1 is 0.923 bits per heavy atom. The summed E-state index contributed by atoms with van der Waals surface area (Å²) in [4.78, 5) is 30.6. The van der Waals surface area contributed by atoms with Crippen LogP contribution in [0.4, 0.5) is 0 Å². The Hall–Kier alpha value is -1.18. The summed E-state index contributed by atoms with van der Waals surface area (Å²) in [6.07, 6.45) is 4.56. The van der Waals surface area contributed by atoms with E-state index in [1.54, 1.807) is 4.90 Å². The number of amides is 1. The van der Waals surface area contributed by atoms with Gasteiger partial charge in [-0.2, -0.15) is 0 Å². The molecule has 0 unspecified atom stereocenters. The zero-order valence-corrected chi connectivity index (χ0v) is 16.0. The average molecular weight is 367 g/mol. The zero-order valence-electron chi connectivity index (χ0n) is 16.0. The van der Waals surface area contributed by atoms with Crippen LogP contribution < -0.4 is 0 Å². The Labute approximate surface area is 156 Å². The Morgan fingerprint density at radius 3 is 2.12 bits per heavy atom. The first-order valence-electron chi connectivity index (χ1n) is 10.1. The number of likely N-dealkylation sites (tertiary alicyclic amines) is 2. The Morgan fingerprint density at radius 2 is 1.50 bits per heavy atom. The molecule has 148 valence electrons. The fraction of sp³-hybridized carbons (Fsp3) is 0.895. The van der Waals surface area contributed by atoms with Gasteiger partial charge in [-0.05, 0) is 57.7 Å². The summed E-state index contributed by atoms with van der Waals surface area (Å²) in [5.74, 6) is 0.318. The predicted octanol–water partition coefficient (Wildman–Crippen LogP) is 0.442. The zero-order chi connectivity index (χ0) is 18.4. The van der Waals surface area contributed by atoms with Gasteiger partial charge in [-0.25, -0.2) is 4.79 Å². The highest BCUT2D eigenvalue weighted by Crippen LogP contribution is 2.32. The number of carbonyl (C=O) groups is 2. The topological polar surface area (TPSA) is 62.3 Å². The van der Waals surface area contributed by atoms with E-state index in [9.17, 15) is 9.59 Å². The highest BCUT2D eigenvalue weighted by Gasteiger charge is 2.32. The first-order chi connectivity index (χ1) is 12.6. The van der Waals surface area contributed by atoms with Crippen LogP contribution >= 0.6 is 0 Å². The molecule has 1 amide bonds. The lowest BCUT2D eigenvalue weighted by atomic mass is 9.79. The van der Waals surface area contributed by atoms with Gasteiger partial charge in [0, 0.05) is 32.7 Å². The molecule has 3 aliphatic heterocycles. The maximum Gasteiger partial charge on any atom is 0.397 e. The summed E-state index contributed by atoms with van der Waals surface area (Å²) < 4.78 is 10.5. The standard InChI is InChI=1S/C19H33N3O4/c1-20-6-2-16(3-7-20)17-4-8-22(9-5-17)18(23)19(24)26-15-12-21-10-13-25-14-11-21/h16-17H,2-15H2,1H3. The second-order valence-corrected chi connectivity index (χ2v) is 7.86. The van der Waals surface area contributed by atoms with Gasteiger partial charge < -0.3 is 19.3 Å². The van der Waals surface area contributed by atoms with Crippen molar-refractivity contribution in [2.24, 2.45) is 11.8 Å². The van der Waals surface area contributed by atoms with E-state index in [1.807, 2.05) is 0 Å². The van der Waals surface area contributed by atoms with Crippen LogP contribution in [0.5, 0.6) is 0 Å². The highest BCUT2D eigenvalue weighted by molar-refractivity contribution is 6.32. The fourth-order valence-corrected chi connectivity index (χ4v) is 4.36. The van der Waals surface area contributed by atoms with Crippen molar-refractivity contribution >= 4 is 11.9 Å². The molecule has 0 saturated carbocycles. The smallest absolute Gasteiger partial charge is 0.397 e. The van der Waals surface area contributed by atoms with E-state index < -0.39 is 11.9 Å². The molecule has 3 aliphatic rings. The van der Waals surface area contributed by atoms with Crippen molar-refractivity contribution in [1.29, 1.82) is 0 Å². The molecule has 3 fully saturated rings. The van der Waals surface area contributed by atoms with Gasteiger partial charge >= 0.3 is 11.9 Å². The van der Waals surface area contributed by atoms with Crippen LogP contribution in [-0.2, 0) is 19.1 Å². The number of morpholine rings is 1. The van der Waals surface area contributed by atoms with Crippen molar-refractivity contribution in [3.63, 3.8) is 0 Å². The molecule has 0 spiro atoms. The van der Waals surface area contributed by atoms with Crippen LogP contribution in [0.2, 0.25) is 0 Å². The van der Waals surface area contributed by atoms with Gasteiger partial charge in [0.15, 0.2) is 0 Å². The van der Waals surface area contributed by atoms with E-state index in [2.05, 4.69) is 16.8 Å². The summed E-state index contributed by atoms with van der Waals surface area (Å²) >= 11 is 0. The number of nitrogens with zero attached hydrogens (tertiary/aromatic N) is 3. The van der Waals surface area contributed by atoms with Gasteiger partial charge in [-0.3, -0.25) is 9.69 Å². The predicted molar refractivity (Wildman–Crippen MR) is 97.7 cm³/mol. The van der Waals surface area contributed by atoms with E-state index in [0.717, 1.165) is 45.1 Å². The molecule has 7 nitrogen and oxygen atoms in total. The van der Waals surface area contributed by atoms with Crippen molar-refractivity contribution in [1.82, 2.24) is 14.7 Å². The molecule has 0 aromatic heterocycles. The lowest BCUT2D eigenvalue weighted by Gasteiger charge is -2.39. The quantitative estimate of drug-likeness (QED) is 0.531. The molecule has 0 aromatic rings. The van der Waals surface area contributed by atoms with Gasteiger partial charge in [-0.1, -0.05) is 0 Å². The lowest BCUT2D eigenvalue weighted by Crippen LogP contribution is -2.45. The van der Waals surface area contributed by atoms with Gasteiger partial charge in [0.05, 0.1) is 13.2 Å². The largest absolute Gasteiger partial charge is 0.457 e. The molecule has 3 rings (SSSR count). The molecule has 0 aliphatic carbocycles. The minimum absolute atomic E-state index is 0.274. The van der Waals surface area contributed by atoms with Gasteiger partial charge in [0.25, 0.3) is 0 Å². The van der Waals surface area contributed by atoms with Crippen molar-refractivity contribution in [2.75, 3.05) is 72.7 Å². The third-order valence-corrected chi connectivity index (χ3v) is 6.18. The number of hydrogen-bond donors (Lipinski definition) is 0. The van der Waals surface area contributed by atoms with Crippen molar-refractivity contribution in [3.8, 4) is 0 Å². The van der Waals surface area contributed by atoms with E-state index in [1.165, 1.54) is 25.9 Å². The van der Waals surface area contributed by atoms with Gasteiger partial charge in [0.1, 0.15) is 6.61 Å². The van der Waals surface area contributed by atoms with Crippen LogP contribution in [0.25, 0.3) is 0 Å². The van der Waals surface area contributed by atoms with Crippen LogP contribution in [0.15, 0.2) is 0 Å². The lowest BCUT2D eigenvalue weighted by molar-refractivity contribution is -0.161. The summed E-state index contributed by atoms with van der Waals surface area (Å²) in [6, 6.07) is 0. The van der Waals surface area contributed by atoms with Crippen molar-refractivity contribution in [2.45, 2.75) is 25.7 Å². The molecule has 0 atom stereocenters. The molecule has 0 bridgehead atoms. The molecule has 0 radical (unpaired) electrons. The molecule has 3 heterocycles. The van der Waals surface area contributed by atoms with Crippen molar-refractivity contribution in [3.05, 3.63) is 0 Å². The number of carbonyl (C=O) groups excluding carboxylic acids is 2. The van der Waals surface area contributed by atoms with E-state index in [4.69, 9.17) is 9.47 Å². The average Bonchev–Trinajstić information content (AvgIpc) is 2.69. The second kappa shape index (κ2) is 9.67. The number of hydrogen-bond acceptors (Lipinski definition) is 6. The summed E-state index contributed by atoms with van der Waals surface area (Å²) in [5, 5.41) is 0. The molecular weight excluding hydrogens is 334 g/mol. The normalized spacial score (nSPS) is 24.6. The minimum atomic E-state index is -0.698. The second-order valence-electron chi connectivity index (χ2n) is 7.86. The van der Waals surface area contributed by atoms with Crippen LogP contribution in [0.3, 0.4) is 0 Å². The van der Waals surface area contributed by atoms with Crippen LogP contribution in [0.1, 0.15) is 25.7 Å². The SMILES string of the molecule is CN1CCC(C2CCN(C(=O)C(=O)OCCN3CCOCC3)CC2)CC1. The highest BCUT2D eigenvalue weighted by atomic mass is 16.5. The third kappa shape index (κ3) is 5.41. The Balaban J connectivity index is 1.34. The monoisotopic (exact) mass is 367 g/mol.